The molecule has 0 radical (unpaired) electrons. The van der Waals surface area contributed by atoms with Gasteiger partial charge in [0.1, 0.15) is 0 Å². The first-order valence-corrected chi connectivity index (χ1v) is 10.4. The Bertz CT molecular complexity index is 931. The zero-order valence-electron chi connectivity index (χ0n) is 17.5. The molecular formula is C25H28N2O3. The van der Waals surface area contributed by atoms with Gasteiger partial charge in [-0.2, -0.15) is 0 Å². The molecule has 1 N–H and O–H groups in total. The number of ketones is 1. The van der Waals surface area contributed by atoms with Crippen molar-refractivity contribution in [3.8, 4) is 0 Å². The van der Waals surface area contributed by atoms with Crippen LogP contribution in [0.2, 0.25) is 0 Å². The Labute approximate surface area is 177 Å². The van der Waals surface area contributed by atoms with E-state index in [1.165, 1.54) is 6.08 Å². The summed E-state index contributed by atoms with van der Waals surface area (Å²) in [5.41, 5.74) is 1.83. The molecule has 1 aliphatic heterocycles. The fourth-order valence-electron chi connectivity index (χ4n) is 3.73. The molecule has 1 unspecified atom stereocenters. The van der Waals surface area contributed by atoms with Crippen LogP contribution in [0.3, 0.4) is 0 Å². The minimum atomic E-state index is -0.595. The topological polar surface area (TPSA) is 60.9 Å². The molecule has 1 atom stereocenters. The fourth-order valence-corrected chi connectivity index (χ4v) is 3.73. The van der Waals surface area contributed by atoms with Gasteiger partial charge in [-0.05, 0) is 30.3 Å². The lowest BCUT2D eigenvalue weighted by atomic mass is 9.95. The van der Waals surface area contributed by atoms with E-state index >= 15 is 0 Å². The molecule has 0 bridgehead atoms. The highest BCUT2D eigenvalue weighted by molar-refractivity contribution is 6.14. The minimum Gasteiger partial charge on any atom is -0.503 e. The van der Waals surface area contributed by atoms with E-state index in [0.29, 0.717) is 13.1 Å². The molecule has 0 aliphatic carbocycles. The number of carbonyl (C=O) groups excluding carboxylic acids is 2. The van der Waals surface area contributed by atoms with Gasteiger partial charge in [0.05, 0.1) is 11.6 Å². The first kappa shape index (κ1) is 21.5. The Balaban J connectivity index is 1.92. The number of hydrogen-bond donors (Lipinski definition) is 1. The molecule has 5 nitrogen and oxygen atoms in total. The summed E-state index contributed by atoms with van der Waals surface area (Å²) in [6, 6.07) is 18.3. The lowest BCUT2D eigenvalue weighted by Gasteiger charge is -2.29. The average molecular weight is 405 g/mol. The molecule has 30 heavy (non-hydrogen) atoms. The number of rotatable bonds is 9. The smallest absolute Gasteiger partial charge is 0.290 e. The van der Waals surface area contributed by atoms with Gasteiger partial charge < -0.3 is 14.9 Å². The lowest BCUT2D eigenvalue weighted by Crippen LogP contribution is -2.38. The summed E-state index contributed by atoms with van der Waals surface area (Å²) in [7, 11) is 0. The third-order valence-corrected chi connectivity index (χ3v) is 5.46. The predicted molar refractivity (Wildman–Crippen MR) is 119 cm³/mol. The maximum Gasteiger partial charge on any atom is 0.290 e. The zero-order valence-corrected chi connectivity index (χ0v) is 17.5. The molecule has 2 aromatic carbocycles. The number of benzene rings is 2. The molecule has 5 heteroatoms. The van der Waals surface area contributed by atoms with E-state index in [4.69, 9.17) is 0 Å². The highest BCUT2D eigenvalue weighted by Crippen LogP contribution is 2.37. The first-order valence-electron chi connectivity index (χ1n) is 10.4. The van der Waals surface area contributed by atoms with Gasteiger partial charge >= 0.3 is 0 Å². The average Bonchev–Trinajstić information content (AvgIpc) is 3.04. The Morgan fingerprint density at radius 1 is 1.03 bits per heavy atom. The Morgan fingerprint density at radius 2 is 1.63 bits per heavy atom. The summed E-state index contributed by atoms with van der Waals surface area (Å²) in [6.45, 7) is 7.01. The summed E-state index contributed by atoms with van der Waals surface area (Å²) in [5.74, 6) is -1.30. The number of nitrogens with zero attached hydrogens (tertiary/aromatic N) is 2. The van der Waals surface area contributed by atoms with Crippen molar-refractivity contribution in [2.45, 2.75) is 19.9 Å². The molecule has 0 aromatic heterocycles. The van der Waals surface area contributed by atoms with Crippen molar-refractivity contribution >= 4 is 17.8 Å². The highest BCUT2D eigenvalue weighted by Gasteiger charge is 2.42. The van der Waals surface area contributed by atoms with E-state index in [1.807, 2.05) is 60.7 Å². The number of aliphatic hydroxyl groups is 1. The van der Waals surface area contributed by atoms with Gasteiger partial charge in [-0.3, -0.25) is 9.59 Å². The van der Waals surface area contributed by atoms with E-state index in [9.17, 15) is 14.7 Å². The van der Waals surface area contributed by atoms with Gasteiger partial charge in [-0.15, -0.1) is 0 Å². The molecule has 1 amide bonds. The second kappa shape index (κ2) is 10.0. The quantitative estimate of drug-likeness (QED) is 0.642. The van der Waals surface area contributed by atoms with Crippen molar-refractivity contribution in [3.05, 3.63) is 89.2 Å². The van der Waals surface area contributed by atoms with Crippen molar-refractivity contribution < 1.29 is 14.7 Å². The number of allylic oxidation sites excluding steroid dienone is 1. The normalized spacial score (nSPS) is 16.8. The second-order valence-corrected chi connectivity index (χ2v) is 7.21. The van der Waals surface area contributed by atoms with Crippen molar-refractivity contribution in [1.82, 2.24) is 9.80 Å². The van der Waals surface area contributed by atoms with Crippen LogP contribution >= 0.6 is 0 Å². The monoisotopic (exact) mass is 404 g/mol. The third-order valence-electron chi connectivity index (χ3n) is 5.46. The number of aliphatic hydroxyl groups excluding tert-OH is 1. The van der Waals surface area contributed by atoms with Crippen LogP contribution in [0.25, 0.3) is 6.08 Å². The number of amides is 1. The van der Waals surface area contributed by atoms with E-state index < -0.39 is 17.7 Å². The van der Waals surface area contributed by atoms with Crippen LogP contribution in [0.4, 0.5) is 0 Å². The number of likely N-dealkylation sites (N-methyl/N-ethyl adjacent to an activating group) is 1. The molecule has 2 aromatic rings. The van der Waals surface area contributed by atoms with Crippen LogP contribution < -0.4 is 0 Å². The molecule has 0 fully saturated rings. The van der Waals surface area contributed by atoms with Gasteiger partial charge in [0.25, 0.3) is 5.91 Å². The van der Waals surface area contributed by atoms with E-state index in [-0.39, 0.29) is 11.4 Å². The van der Waals surface area contributed by atoms with Gasteiger partial charge in [0.2, 0.25) is 0 Å². The van der Waals surface area contributed by atoms with E-state index in [0.717, 1.165) is 24.2 Å². The SMILES string of the molecule is CCN(CC)CCN1C(=O)C(O)=C(C(=O)/C=C/c2ccccc2)C1c1ccccc1. The second-order valence-electron chi connectivity index (χ2n) is 7.21. The molecule has 1 aliphatic rings. The standard InChI is InChI=1S/C25H28N2O3/c1-3-26(4-2)17-18-27-23(20-13-9-6-10-14-20)22(24(29)25(27)30)21(28)16-15-19-11-7-5-8-12-19/h5-16,23,29H,3-4,17-18H2,1-2H3/b16-15+. The van der Waals surface area contributed by atoms with Gasteiger partial charge in [0.15, 0.2) is 11.5 Å². The fraction of sp³-hybridized carbons (Fsp3) is 0.280. The van der Waals surface area contributed by atoms with Crippen LogP contribution in [0.15, 0.2) is 78.1 Å². The zero-order chi connectivity index (χ0) is 21.5. The van der Waals surface area contributed by atoms with Crippen LogP contribution in [-0.2, 0) is 9.59 Å². The highest BCUT2D eigenvalue weighted by atomic mass is 16.3. The maximum atomic E-state index is 13.1. The number of carbonyl (C=O) groups is 2. The molecule has 0 spiro atoms. The largest absolute Gasteiger partial charge is 0.503 e. The number of hydrogen-bond acceptors (Lipinski definition) is 4. The molecule has 1 heterocycles. The lowest BCUT2D eigenvalue weighted by molar-refractivity contribution is -0.129. The Kier molecular flexibility index (Phi) is 7.20. The Hall–Kier alpha value is -3.18. The summed E-state index contributed by atoms with van der Waals surface area (Å²) in [6.07, 6.45) is 3.13. The first-order chi connectivity index (χ1) is 14.6. The summed E-state index contributed by atoms with van der Waals surface area (Å²) in [5, 5.41) is 10.6. The van der Waals surface area contributed by atoms with Gasteiger partial charge in [-0.1, -0.05) is 80.6 Å². The summed E-state index contributed by atoms with van der Waals surface area (Å²) >= 11 is 0. The molecule has 0 saturated carbocycles. The molecule has 156 valence electrons. The van der Waals surface area contributed by atoms with Crippen molar-refractivity contribution in [2.24, 2.45) is 0 Å². The van der Waals surface area contributed by atoms with Crippen LogP contribution in [0.5, 0.6) is 0 Å². The van der Waals surface area contributed by atoms with E-state index in [2.05, 4.69) is 18.7 Å². The molecule has 3 rings (SSSR count). The summed E-state index contributed by atoms with van der Waals surface area (Å²) in [4.78, 5) is 29.8. The van der Waals surface area contributed by atoms with E-state index in [1.54, 1.807) is 11.0 Å². The molecular weight excluding hydrogens is 376 g/mol. The van der Waals surface area contributed by atoms with Gasteiger partial charge in [0, 0.05) is 13.1 Å². The van der Waals surface area contributed by atoms with Crippen molar-refractivity contribution in [3.63, 3.8) is 0 Å². The van der Waals surface area contributed by atoms with Gasteiger partial charge in [-0.25, -0.2) is 0 Å². The summed E-state index contributed by atoms with van der Waals surface area (Å²) < 4.78 is 0. The third kappa shape index (κ3) is 4.69. The molecule has 0 saturated heterocycles. The van der Waals surface area contributed by atoms with Crippen molar-refractivity contribution in [1.29, 1.82) is 0 Å². The van der Waals surface area contributed by atoms with Crippen molar-refractivity contribution in [2.75, 3.05) is 26.2 Å². The van der Waals surface area contributed by atoms with Crippen LogP contribution in [0.1, 0.15) is 31.0 Å². The Morgan fingerprint density at radius 3 is 2.23 bits per heavy atom. The van der Waals surface area contributed by atoms with Crippen LogP contribution in [0, 0.1) is 0 Å². The maximum absolute atomic E-state index is 13.1. The predicted octanol–water partition coefficient (Wildman–Crippen LogP) is 4.01. The minimum absolute atomic E-state index is 0.137. The van der Waals surface area contributed by atoms with Crippen LogP contribution in [-0.4, -0.2) is 52.8 Å².